The molecule has 10 heteroatoms. The minimum atomic E-state index is -0.265. The molecular formula is C19H26Cl2N4O3S. The van der Waals surface area contributed by atoms with Gasteiger partial charge in [0.25, 0.3) is 11.8 Å². The molecule has 0 aromatic carbocycles. The molecule has 0 saturated carbocycles. The van der Waals surface area contributed by atoms with Gasteiger partial charge in [0, 0.05) is 37.0 Å². The summed E-state index contributed by atoms with van der Waals surface area (Å²) in [5, 5.41) is 11.0. The van der Waals surface area contributed by atoms with Crippen LogP contribution in [0.25, 0.3) is 0 Å². The van der Waals surface area contributed by atoms with E-state index in [1.165, 1.54) is 11.3 Å². The Labute approximate surface area is 186 Å². The number of carbonyl (C=O) groups excluding carboxylic acids is 2. The van der Waals surface area contributed by atoms with Gasteiger partial charge in [0.15, 0.2) is 0 Å². The lowest BCUT2D eigenvalue weighted by molar-refractivity contribution is 0.0512. The number of methoxy groups -OCH3 is 1. The molecule has 0 spiro atoms. The number of hydrogen-bond donors (Lipinski definition) is 3. The summed E-state index contributed by atoms with van der Waals surface area (Å²) in [6.45, 7) is 3.01. The number of amides is 2. The minimum Gasteiger partial charge on any atom is -0.384 e. The maximum atomic E-state index is 12.7. The lowest BCUT2D eigenvalue weighted by Gasteiger charge is -2.37. The van der Waals surface area contributed by atoms with E-state index < -0.39 is 0 Å². The first-order chi connectivity index (χ1) is 13.1. The Bertz CT molecular complexity index is 777. The summed E-state index contributed by atoms with van der Waals surface area (Å²) in [4.78, 5) is 29.5. The molecule has 3 N–H and O–H groups in total. The van der Waals surface area contributed by atoms with Crippen LogP contribution >= 0.6 is 36.2 Å². The highest BCUT2D eigenvalue weighted by Gasteiger charge is 2.33. The summed E-state index contributed by atoms with van der Waals surface area (Å²) >= 11 is 1.31. The van der Waals surface area contributed by atoms with Crippen molar-refractivity contribution < 1.29 is 14.3 Å². The summed E-state index contributed by atoms with van der Waals surface area (Å²) in [6, 6.07) is 5.01. The number of halogens is 2. The lowest BCUT2D eigenvalue weighted by Crippen LogP contribution is -2.47. The molecule has 160 valence electrons. The molecule has 29 heavy (non-hydrogen) atoms. The second-order valence-electron chi connectivity index (χ2n) is 6.72. The fraction of sp³-hybridized carbons (Fsp3) is 0.421. The van der Waals surface area contributed by atoms with Gasteiger partial charge in [-0.1, -0.05) is 0 Å². The first kappa shape index (κ1) is 25.3. The third-order valence-corrected chi connectivity index (χ3v) is 5.71. The highest BCUT2D eigenvalue weighted by molar-refractivity contribution is 7.12. The molecule has 3 heterocycles. The Morgan fingerprint density at radius 2 is 1.86 bits per heavy atom. The Hall–Kier alpha value is -1.71. The van der Waals surface area contributed by atoms with Crippen LogP contribution in [0.4, 0.5) is 5.69 Å². The average molecular weight is 461 g/mol. The van der Waals surface area contributed by atoms with Crippen LogP contribution in [-0.4, -0.2) is 50.1 Å². The van der Waals surface area contributed by atoms with E-state index in [0.717, 1.165) is 25.9 Å². The van der Waals surface area contributed by atoms with Gasteiger partial charge in [0.05, 0.1) is 12.3 Å². The summed E-state index contributed by atoms with van der Waals surface area (Å²) in [5.41, 5.74) is 0.967. The normalized spacial score (nSPS) is 14.8. The van der Waals surface area contributed by atoms with Crippen molar-refractivity contribution in [2.24, 2.45) is 5.41 Å². The first-order valence-electron chi connectivity index (χ1n) is 8.90. The molecule has 2 aromatic rings. The third-order valence-electron chi connectivity index (χ3n) is 4.80. The Morgan fingerprint density at radius 3 is 2.52 bits per heavy atom. The van der Waals surface area contributed by atoms with Crippen LogP contribution in [0.15, 0.2) is 36.0 Å². The number of thiophene rings is 1. The number of piperidine rings is 1. The van der Waals surface area contributed by atoms with E-state index in [0.29, 0.717) is 29.3 Å². The van der Waals surface area contributed by atoms with Gasteiger partial charge in [0.2, 0.25) is 0 Å². The molecule has 0 unspecified atom stereocenters. The van der Waals surface area contributed by atoms with Crippen molar-refractivity contribution in [2.75, 3.05) is 38.7 Å². The highest BCUT2D eigenvalue weighted by Crippen LogP contribution is 2.29. The van der Waals surface area contributed by atoms with Crippen molar-refractivity contribution >= 4 is 53.7 Å². The smallest absolute Gasteiger partial charge is 0.263 e. The van der Waals surface area contributed by atoms with E-state index >= 15 is 0 Å². The number of anilines is 1. The average Bonchev–Trinajstić information content (AvgIpc) is 3.16. The van der Waals surface area contributed by atoms with Crippen molar-refractivity contribution in [3.63, 3.8) is 0 Å². The molecule has 2 amide bonds. The van der Waals surface area contributed by atoms with Crippen molar-refractivity contribution in [2.45, 2.75) is 12.8 Å². The van der Waals surface area contributed by atoms with Gasteiger partial charge >= 0.3 is 0 Å². The molecule has 1 fully saturated rings. The molecule has 0 radical (unpaired) electrons. The number of carbonyl (C=O) groups is 2. The van der Waals surface area contributed by atoms with Crippen LogP contribution in [0.1, 0.15) is 32.9 Å². The van der Waals surface area contributed by atoms with Crippen molar-refractivity contribution in [3.05, 3.63) is 46.4 Å². The quantitative estimate of drug-likeness (QED) is 0.590. The number of ether oxygens (including phenoxy) is 1. The monoisotopic (exact) mass is 460 g/mol. The SMILES string of the molecule is COCC1(CNC(=O)c2sccc2NC(=O)c2ccncc2)CCNCC1.Cl.Cl. The van der Waals surface area contributed by atoms with Gasteiger partial charge in [0.1, 0.15) is 4.88 Å². The predicted octanol–water partition coefficient (Wildman–Crippen LogP) is 2.99. The number of nitrogens with one attached hydrogen (secondary N) is 3. The second-order valence-corrected chi connectivity index (χ2v) is 7.64. The fourth-order valence-corrected chi connectivity index (χ4v) is 4.03. The second kappa shape index (κ2) is 12.1. The van der Waals surface area contributed by atoms with Crippen LogP contribution in [0.5, 0.6) is 0 Å². The van der Waals surface area contributed by atoms with Crippen LogP contribution in [0, 0.1) is 5.41 Å². The van der Waals surface area contributed by atoms with Crippen molar-refractivity contribution in [1.29, 1.82) is 0 Å². The zero-order chi connectivity index (χ0) is 19.1. The number of nitrogens with zero attached hydrogens (tertiary/aromatic N) is 1. The summed E-state index contributed by atoms with van der Waals surface area (Å²) in [5.74, 6) is -0.442. The van der Waals surface area contributed by atoms with Crippen molar-refractivity contribution in [3.8, 4) is 0 Å². The van der Waals surface area contributed by atoms with Gasteiger partial charge in [-0.2, -0.15) is 0 Å². The fourth-order valence-electron chi connectivity index (χ4n) is 3.26. The van der Waals surface area contributed by atoms with Gasteiger partial charge in [-0.25, -0.2) is 0 Å². The van der Waals surface area contributed by atoms with Crippen LogP contribution in [-0.2, 0) is 4.74 Å². The Kier molecular flexibility index (Phi) is 10.6. The number of pyridine rings is 1. The molecule has 1 aliphatic rings. The van der Waals surface area contributed by atoms with Crippen LogP contribution in [0.2, 0.25) is 0 Å². The molecule has 7 nitrogen and oxygen atoms in total. The predicted molar refractivity (Wildman–Crippen MR) is 120 cm³/mol. The maximum absolute atomic E-state index is 12.7. The van der Waals surface area contributed by atoms with Gasteiger partial charge in [-0.05, 0) is 49.5 Å². The first-order valence-corrected chi connectivity index (χ1v) is 9.78. The zero-order valence-corrected chi connectivity index (χ0v) is 18.6. The van der Waals surface area contributed by atoms with Crippen LogP contribution < -0.4 is 16.0 Å². The molecular weight excluding hydrogens is 435 g/mol. The molecule has 3 rings (SSSR count). The summed E-state index contributed by atoms with van der Waals surface area (Å²) < 4.78 is 5.39. The molecule has 1 aliphatic heterocycles. The van der Waals surface area contributed by atoms with Crippen LogP contribution in [0.3, 0.4) is 0 Å². The van der Waals surface area contributed by atoms with Gasteiger partial charge in [-0.3, -0.25) is 14.6 Å². The Balaban J connectivity index is 0.00000210. The minimum absolute atomic E-state index is 0. The summed E-state index contributed by atoms with van der Waals surface area (Å²) in [6.07, 6.45) is 5.03. The zero-order valence-electron chi connectivity index (χ0n) is 16.1. The molecule has 0 aliphatic carbocycles. The van der Waals surface area contributed by atoms with E-state index in [1.54, 1.807) is 43.1 Å². The molecule has 2 aromatic heterocycles. The van der Waals surface area contributed by atoms with Gasteiger partial charge in [-0.15, -0.1) is 36.2 Å². The van der Waals surface area contributed by atoms with E-state index in [-0.39, 0.29) is 42.0 Å². The number of rotatable bonds is 7. The van der Waals surface area contributed by atoms with E-state index in [1.807, 2.05) is 0 Å². The lowest BCUT2D eigenvalue weighted by atomic mass is 9.79. The van der Waals surface area contributed by atoms with Gasteiger partial charge < -0.3 is 20.7 Å². The largest absolute Gasteiger partial charge is 0.384 e. The number of hydrogen-bond acceptors (Lipinski definition) is 6. The highest BCUT2D eigenvalue weighted by atomic mass is 35.5. The topological polar surface area (TPSA) is 92.4 Å². The molecule has 0 atom stereocenters. The molecule has 1 saturated heterocycles. The standard InChI is InChI=1S/C19H24N4O3S.2ClH/c1-26-13-19(5-9-21-10-6-19)12-22-18(25)16-15(4-11-27-16)23-17(24)14-2-7-20-8-3-14;;/h2-4,7-8,11,21H,5-6,9-10,12-13H2,1H3,(H,22,25)(H,23,24);2*1H. The van der Waals surface area contributed by atoms with E-state index in [9.17, 15) is 9.59 Å². The molecule has 0 bridgehead atoms. The number of aromatic nitrogens is 1. The maximum Gasteiger partial charge on any atom is 0.263 e. The van der Waals surface area contributed by atoms with E-state index in [4.69, 9.17) is 4.74 Å². The third kappa shape index (κ3) is 6.65. The van der Waals surface area contributed by atoms with Crippen molar-refractivity contribution in [1.82, 2.24) is 15.6 Å². The van der Waals surface area contributed by atoms with E-state index in [2.05, 4.69) is 20.9 Å². The Morgan fingerprint density at radius 1 is 1.17 bits per heavy atom. The summed E-state index contributed by atoms with van der Waals surface area (Å²) in [7, 11) is 1.69.